The van der Waals surface area contributed by atoms with Gasteiger partial charge in [-0.1, -0.05) is 0 Å². The van der Waals surface area contributed by atoms with E-state index in [0.29, 0.717) is 5.11 Å². The fourth-order valence-corrected chi connectivity index (χ4v) is 2.12. The molecule has 6 nitrogen and oxygen atoms in total. The lowest BCUT2D eigenvalue weighted by Gasteiger charge is -2.23. The lowest BCUT2D eigenvalue weighted by molar-refractivity contribution is -0.141. The summed E-state index contributed by atoms with van der Waals surface area (Å²) < 4.78 is 9.82. The van der Waals surface area contributed by atoms with Crippen molar-refractivity contribution in [3.05, 3.63) is 0 Å². The molecule has 2 fully saturated rings. The number of methoxy groups -OCH3 is 1. The Morgan fingerprint density at radius 2 is 2.60 bits per heavy atom. The van der Waals surface area contributed by atoms with Gasteiger partial charge >= 0.3 is 5.97 Å². The molecule has 0 bridgehead atoms. The lowest BCUT2D eigenvalue weighted by Crippen LogP contribution is -2.44. The highest BCUT2D eigenvalue weighted by molar-refractivity contribution is 7.80. The highest BCUT2D eigenvalue weighted by atomic mass is 32.1. The minimum atomic E-state index is -0.632. The molecule has 15 heavy (non-hydrogen) atoms. The summed E-state index contributed by atoms with van der Waals surface area (Å²) in [6.45, 7) is 0.284. The van der Waals surface area contributed by atoms with Gasteiger partial charge in [0.2, 0.25) is 0 Å². The summed E-state index contributed by atoms with van der Waals surface area (Å²) in [5, 5.41) is 13.0. The van der Waals surface area contributed by atoms with Crippen LogP contribution in [0.5, 0.6) is 0 Å². The summed E-state index contributed by atoms with van der Waals surface area (Å²) in [6, 6.07) is -0.295. The number of hydrogen-bond donors (Lipinski definition) is 2. The first-order valence-electron chi connectivity index (χ1n) is 4.57. The lowest BCUT2D eigenvalue weighted by atomic mass is 10.2. The van der Waals surface area contributed by atoms with Crippen LogP contribution in [0.1, 0.15) is 0 Å². The van der Waals surface area contributed by atoms with E-state index in [1.54, 1.807) is 4.90 Å². The number of esters is 1. The van der Waals surface area contributed by atoms with Crippen molar-refractivity contribution >= 4 is 23.3 Å². The molecule has 3 atom stereocenters. The van der Waals surface area contributed by atoms with Gasteiger partial charge in [0.1, 0.15) is 18.7 Å². The van der Waals surface area contributed by atoms with E-state index >= 15 is 0 Å². The van der Waals surface area contributed by atoms with Gasteiger partial charge in [-0.15, -0.1) is 0 Å². The van der Waals surface area contributed by atoms with E-state index in [1.165, 1.54) is 7.11 Å². The van der Waals surface area contributed by atoms with Crippen molar-refractivity contribution in [2.75, 3.05) is 20.3 Å². The van der Waals surface area contributed by atoms with Crippen molar-refractivity contribution in [2.45, 2.75) is 18.4 Å². The van der Waals surface area contributed by atoms with E-state index in [9.17, 15) is 9.90 Å². The Bertz CT molecular complexity index is 298. The van der Waals surface area contributed by atoms with Crippen LogP contribution in [0.3, 0.4) is 0 Å². The summed E-state index contributed by atoms with van der Waals surface area (Å²) >= 11 is 5.03. The van der Waals surface area contributed by atoms with Gasteiger partial charge in [0, 0.05) is 0 Å². The molecule has 2 aliphatic rings. The van der Waals surface area contributed by atoms with Crippen molar-refractivity contribution in [2.24, 2.45) is 0 Å². The number of aliphatic hydroxyl groups is 1. The molecule has 2 aliphatic heterocycles. The van der Waals surface area contributed by atoms with Gasteiger partial charge in [-0.2, -0.15) is 0 Å². The zero-order chi connectivity index (χ0) is 11.0. The second kappa shape index (κ2) is 3.92. The fraction of sp³-hybridized carbons (Fsp3) is 0.750. The zero-order valence-electron chi connectivity index (χ0n) is 8.17. The molecule has 0 aromatic rings. The van der Waals surface area contributed by atoms with Crippen molar-refractivity contribution < 1.29 is 19.4 Å². The molecule has 0 spiro atoms. The number of fused-ring (bicyclic) bond motifs is 1. The highest BCUT2D eigenvalue weighted by Gasteiger charge is 2.47. The zero-order valence-corrected chi connectivity index (χ0v) is 8.99. The van der Waals surface area contributed by atoms with E-state index in [4.69, 9.17) is 17.0 Å². The van der Waals surface area contributed by atoms with Crippen molar-refractivity contribution in [1.82, 2.24) is 10.2 Å². The molecule has 84 valence electrons. The van der Waals surface area contributed by atoms with Crippen LogP contribution < -0.4 is 5.32 Å². The Morgan fingerprint density at radius 3 is 3.27 bits per heavy atom. The third kappa shape index (κ3) is 1.77. The van der Waals surface area contributed by atoms with Gasteiger partial charge in [-0.3, -0.25) is 4.79 Å². The van der Waals surface area contributed by atoms with E-state index in [0.717, 1.165) is 0 Å². The molecule has 7 heteroatoms. The van der Waals surface area contributed by atoms with Gasteiger partial charge < -0.3 is 24.8 Å². The molecule has 0 radical (unpaired) electrons. The maximum absolute atomic E-state index is 11.1. The Hall–Kier alpha value is -0.920. The number of hydrogen-bond acceptors (Lipinski definition) is 5. The molecule has 0 amide bonds. The van der Waals surface area contributed by atoms with Crippen LogP contribution >= 0.6 is 12.2 Å². The average Bonchev–Trinajstić information content (AvgIpc) is 2.69. The number of carbonyl (C=O) groups excluding carboxylic acids is 1. The van der Waals surface area contributed by atoms with Gasteiger partial charge in [0.15, 0.2) is 11.3 Å². The topological polar surface area (TPSA) is 71.0 Å². The van der Waals surface area contributed by atoms with E-state index < -0.39 is 6.10 Å². The molecule has 2 heterocycles. The summed E-state index contributed by atoms with van der Waals surface area (Å²) in [7, 11) is 1.31. The quantitative estimate of drug-likeness (QED) is 0.440. The third-order valence-corrected chi connectivity index (χ3v) is 2.92. The molecule has 0 aromatic carbocycles. The minimum absolute atomic E-state index is 0.0317. The second-order valence-corrected chi connectivity index (χ2v) is 3.85. The number of ether oxygens (including phenoxy) is 2. The summed E-state index contributed by atoms with van der Waals surface area (Å²) in [6.07, 6.45) is -0.954. The van der Waals surface area contributed by atoms with Gasteiger partial charge in [0.25, 0.3) is 0 Å². The van der Waals surface area contributed by atoms with Crippen LogP contribution in [0.25, 0.3) is 0 Å². The predicted molar refractivity (Wildman–Crippen MR) is 54.0 cm³/mol. The Labute approximate surface area is 92.1 Å². The molecule has 0 aliphatic carbocycles. The maximum atomic E-state index is 11.1. The Morgan fingerprint density at radius 1 is 1.87 bits per heavy atom. The number of nitrogens with zero attached hydrogens (tertiary/aromatic N) is 1. The first-order valence-corrected chi connectivity index (χ1v) is 4.98. The number of thiocarbonyl (C=S) groups is 1. The third-order valence-electron chi connectivity index (χ3n) is 2.56. The van der Waals surface area contributed by atoms with Crippen LogP contribution in [0.2, 0.25) is 0 Å². The number of nitrogens with one attached hydrogen (secondary N) is 1. The number of aliphatic hydroxyl groups excluding tert-OH is 1. The van der Waals surface area contributed by atoms with Crippen LogP contribution in [-0.4, -0.2) is 59.7 Å². The summed E-state index contributed by atoms with van der Waals surface area (Å²) in [4.78, 5) is 12.7. The molecule has 2 saturated heterocycles. The van der Waals surface area contributed by atoms with Crippen molar-refractivity contribution in [3.63, 3.8) is 0 Å². The fourth-order valence-electron chi connectivity index (χ4n) is 1.82. The minimum Gasteiger partial charge on any atom is -0.468 e. The molecular formula is C8H12N2O4S. The van der Waals surface area contributed by atoms with E-state index in [2.05, 4.69) is 10.1 Å². The number of carbonyl (C=O) groups is 1. The summed E-state index contributed by atoms with van der Waals surface area (Å²) in [5.74, 6) is -0.390. The van der Waals surface area contributed by atoms with E-state index in [-0.39, 0.29) is 31.4 Å². The van der Waals surface area contributed by atoms with Gasteiger partial charge in [-0.25, -0.2) is 0 Å². The standard InChI is InChI=1S/C8H12N2O4S/c1-13-5(12)2-10-6-4(11)3-14-7(6)9-8(10)15/h4,6-7,11H,2-3H2,1H3,(H,9,15). The van der Waals surface area contributed by atoms with Crippen LogP contribution in [-0.2, 0) is 14.3 Å². The summed E-state index contributed by atoms with van der Waals surface area (Å²) in [5.41, 5.74) is 0. The van der Waals surface area contributed by atoms with Gasteiger partial charge in [0.05, 0.1) is 13.7 Å². The number of rotatable bonds is 2. The van der Waals surface area contributed by atoms with E-state index in [1.807, 2.05) is 0 Å². The predicted octanol–water partition coefficient (Wildman–Crippen LogP) is -1.56. The largest absolute Gasteiger partial charge is 0.468 e. The van der Waals surface area contributed by atoms with Crippen molar-refractivity contribution in [1.29, 1.82) is 0 Å². The normalized spacial score (nSPS) is 33.9. The maximum Gasteiger partial charge on any atom is 0.325 e. The Kier molecular flexibility index (Phi) is 2.76. The monoisotopic (exact) mass is 232 g/mol. The van der Waals surface area contributed by atoms with Crippen LogP contribution in [0.15, 0.2) is 0 Å². The molecule has 0 saturated carbocycles. The first kappa shape index (κ1) is 10.6. The SMILES string of the molecule is COC(=O)CN1C(=S)NC2OCC(O)C21. The smallest absolute Gasteiger partial charge is 0.325 e. The van der Waals surface area contributed by atoms with Crippen molar-refractivity contribution in [3.8, 4) is 0 Å². The molecule has 2 N–H and O–H groups in total. The van der Waals surface area contributed by atoms with Crippen LogP contribution in [0, 0.1) is 0 Å². The Balaban J connectivity index is 2.08. The van der Waals surface area contributed by atoms with Gasteiger partial charge in [-0.05, 0) is 12.2 Å². The highest BCUT2D eigenvalue weighted by Crippen LogP contribution is 2.24. The second-order valence-electron chi connectivity index (χ2n) is 3.47. The van der Waals surface area contributed by atoms with Crippen LogP contribution in [0.4, 0.5) is 0 Å². The molecule has 0 aromatic heterocycles. The first-order chi connectivity index (χ1) is 7.13. The average molecular weight is 232 g/mol. The molecule has 2 rings (SSSR count). The molecular weight excluding hydrogens is 220 g/mol. The molecule has 3 unspecified atom stereocenters.